The zero-order valence-corrected chi connectivity index (χ0v) is 19.3. The largest absolute Gasteiger partial charge is 0.355 e. The Morgan fingerprint density at radius 1 is 0.969 bits per heavy atom. The van der Waals surface area contributed by atoms with Crippen molar-refractivity contribution in [2.24, 2.45) is 0 Å². The Morgan fingerprint density at radius 2 is 1.78 bits per heavy atom. The molecule has 5 nitrogen and oxygen atoms in total. The molecule has 0 unspecified atom stereocenters. The first-order valence-corrected chi connectivity index (χ1v) is 11.5. The fraction of sp³-hybridized carbons (Fsp3) is 0.192. The zero-order chi connectivity index (χ0) is 22.5. The average Bonchev–Trinajstić information content (AvgIpc) is 2.75. The van der Waals surface area contributed by atoms with E-state index in [1.54, 1.807) is 18.0 Å². The van der Waals surface area contributed by atoms with Gasteiger partial charge in [-0.05, 0) is 79.6 Å². The summed E-state index contributed by atoms with van der Waals surface area (Å²) in [6, 6.07) is 20.5. The number of rotatable bonds is 7. The van der Waals surface area contributed by atoms with Crippen molar-refractivity contribution < 1.29 is 4.79 Å². The molecule has 1 amide bonds. The maximum absolute atomic E-state index is 11.2. The number of carbonyl (C=O) groups is 1. The van der Waals surface area contributed by atoms with Crippen molar-refractivity contribution in [2.45, 2.75) is 43.4 Å². The minimum Gasteiger partial charge on any atom is -0.355 e. The number of aromatic nitrogens is 2. The number of nitrogens with zero attached hydrogens (tertiary/aromatic N) is 2. The third-order valence-electron chi connectivity index (χ3n) is 4.91. The van der Waals surface area contributed by atoms with E-state index in [9.17, 15) is 4.79 Å². The van der Waals surface area contributed by atoms with Crippen LogP contribution in [-0.2, 0) is 11.2 Å². The Balaban J connectivity index is 1.56. The maximum Gasteiger partial charge on any atom is 0.221 e. The molecule has 0 saturated heterocycles. The van der Waals surface area contributed by atoms with E-state index in [1.165, 1.54) is 12.5 Å². The number of aryl methyl sites for hydroxylation is 2. The number of hydrogen-bond donors (Lipinski definition) is 2. The van der Waals surface area contributed by atoms with Crippen LogP contribution in [0.1, 0.15) is 31.5 Å². The molecular weight excluding hydrogens is 416 g/mol. The molecule has 0 saturated carbocycles. The van der Waals surface area contributed by atoms with Gasteiger partial charge in [-0.3, -0.25) is 4.79 Å². The zero-order valence-electron chi connectivity index (χ0n) is 18.5. The molecule has 2 aromatic carbocycles. The van der Waals surface area contributed by atoms with Gasteiger partial charge in [0.05, 0.1) is 5.69 Å². The van der Waals surface area contributed by atoms with Gasteiger partial charge in [0.2, 0.25) is 5.91 Å². The predicted molar refractivity (Wildman–Crippen MR) is 133 cm³/mol. The van der Waals surface area contributed by atoms with Gasteiger partial charge >= 0.3 is 0 Å². The fourth-order valence-electron chi connectivity index (χ4n) is 3.55. The van der Waals surface area contributed by atoms with Gasteiger partial charge in [0.25, 0.3) is 0 Å². The van der Waals surface area contributed by atoms with Crippen LogP contribution in [0.4, 0.5) is 17.1 Å². The van der Waals surface area contributed by atoms with Crippen LogP contribution in [-0.4, -0.2) is 15.9 Å². The highest BCUT2D eigenvalue weighted by Crippen LogP contribution is 2.33. The predicted octanol–water partition coefficient (Wildman–Crippen LogP) is 6.74. The van der Waals surface area contributed by atoms with E-state index in [4.69, 9.17) is 4.98 Å². The van der Waals surface area contributed by atoms with Crippen molar-refractivity contribution in [3.8, 4) is 0 Å². The minimum absolute atomic E-state index is 0.0692. The minimum atomic E-state index is -0.0692. The second kappa shape index (κ2) is 9.83. The van der Waals surface area contributed by atoms with Crippen LogP contribution in [0.15, 0.2) is 76.7 Å². The molecule has 0 atom stereocenters. The Kier molecular flexibility index (Phi) is 6.71. The molecule has 162 valence electrons. The van der Waals surface area contributed by atoms with Crippen molar-refractivity contribution >= 4 is 45.8 Å². The Hall–Kier alpha value is -3.38. The number of benzene rings is 2. The lowest BCUT2D eigenvalue weighted by molar-refractivity contribution is -0.114. The van der Waals surface area contributed by atoms with Crippen molar-refractivity contribution in [1.29, 1.82) is 0 Å². The quantitative estimate of drug-likeness (QED) is 0.332. The van der Waals surface area contributed by atoms with Gasteiger partial charge in [0.15, 0.2) is 5.65 Å². The fourth-order valence-corrected chi connectivity index (χ4v) is 4.53. The summed E-state index contributed by atoms with van der Waals surface area (Å²) in [6.07, 6.45) is 3.82. The van der Waals surface area contributed by atoms with E-state index in [0.717, 1.165) is 56.4 Å². The van der Waals surface area contributed by atoms with Crippen LogP contribution in [0.25, 0.3) is 11.0 Å². The molecule has 0 bridgehead atoms. The summed E-state index contributed by atoms with van der Waals surface area (Å²) in [4.78, 5) is 22.6. The standard InChI is InChI=1S/C26H26N4OS/c1-4-5-19-8-11-24-25(12-13-27-26(24)30-19)29-21-14-17(2)15-23(16-21)32-22-9-6-20(7-10-22)28-18(3)31/h6-16H,4-5H2,1-3H3,(H,28,31)(H,27,29,30). The van der Waals surface area contributed by atoms with Gasteiger partial charge in [-0.25, -0.2) is 9.97 Å². The van der Waals surface area contributed by atoms with Crippen LogP contribution in [0.5, 0.6) is 0 Å². The maximum atomic E-state index is 11.2. The molecule has 0 spiro atoms. The number of anilines is 3. The third-order valence-corrected chi connectivity index (χ3v) is 5.89. The Labute approximate surface area is 192 Å². The molecule has 0 aliphatic carbocycles. The van der Waals surface area contributed by atoms with E-state index in [2.05, 4.69) is 59.8 Å². The second-order valence-electron chi connectivity index (χ2n) is 7.75. The molecule has 0 aliphatic rings. The third kappa shape index (κ3) is 5.45. The second-order valence-corrected chi connectivity index (χ2v) is 8.90. The van der Waals surface area contributed by atoms with Crippen molar-refractivity contribution in [2.75, 3.05) is 10.6 Å². The number of nitrogens with one attached hydrogen (secondary N) is 2. The first-order chi connectivity index (χ1) is 15.5. The molecule has 32 heavy (non-hydrogen) atoms. The molecule has 4 aromatic rings. The number of fused-ring (bicyclic) bond motifs is 1. The number of amides is 1. The topological polar surface area (TPSA) is 66.9 Å². The summed E-state index contributed by atoms with van der Waals surface area (Å²) in [7, 11) is 0. The lowest BCUT2D eigenvalue weighted by Gasteiger charge is -2.12. The highest BCUT2D eigenvalue weighted by Gasteiger charge is 2.07. The van der Waals surface area contributed by atoms with E-state index in [0.29, 0.717) is 0 Å². The highest BCUT2D eigenvalue weighted by atomic mass is 32.2. The molecule has 2 N–H and O–H groups in total. The summed E-state index contributed by atoms with van der Waals surface area (Å²) < 4.78 is 0. The monoisotopic (exact) mass is 442 g/mol. The number of hydrogen-bond acceptors (Lipinski definition) is 5. The summed E-state index contributed by atoms with van der Waals surface area (Å²) >= 11 is 1.69. The summed E-state index contributed by atoms with van der Waals surface area (Å²) in [6.45, 7) is 5.76. The SMILES string of the molecule is CCCc1ccc2c(Nc3cc(C)cc(Sc4ccc(NC(C)=O)cc4)c3)ccnc2n1. The van der Waals surface area contributed by atoms with Crippen LogP contribution >= 0.6 is 11.8 Å². The van der Waals surface area contributed by atoms with E-state index in [-0.39, 0.29) is 5.91 Å². The molecule has 0 radical (unpaired) electrons. The summed E-state index contributed by atoms with van der Waals surface area (Å²) in [5.74, 6) is -0.0692. The van der Waals surface area contributed by atoms with Crippen molar-refractivity contribution in [1.82, 2.24) is 9.97 Å². The lowest BCUT2D eigenvalue weighted by Crippen LogP contribution is -2.05. The average molecular weight is 443 g/mol. The van der Waals surface area contributed by atoms with Gasteiger partial charge in [-0.15, -0.1) is 0 Å². The van der Waals surface area contributed by atoms with E-state index < -0.39 is 0 Å². The van der Waals surface area contributed by atoms with Crippen LogP contribution in [0, 0.1) is 6.92 Å². The molecule has 2 heterocycles. The molecule has 0 aliphatic heterocycles. The Morgan fingerprint density at radius 3 is 2.53 bits per heavy atom. The molecule has 2 aromatic heterocycles. The van der Waals surface area contributed by atoms with Crippen molar-refractivity contribution in [3.05, 3.63) is 78.1 Å². The van der Waals surface area contributed by atoms with Crippen molar-refractivity contribution in [3.63, 3.8) is 0 Å². The van der Waals surface area contributed by atoms with Gasteiger partial charge in [0.1, 0.15) is 0 Å². The summed E-state index contributed by atoms with van der Waals surface area (Å²) in [5, 5.41) is 7.36. The number of carbonyl (C=O) groups excluding carboxylic acids is 1. The molecule has 6 heteroatoms. The first-order valence-electron chi connectivity index (χ1n) is 10.7. The first kappa shape index (κ1) is 21.8. The summed E-state index contributed by atoms with van der Waals surface area (Å²) in [5.41, 5.74) is 5.83. The van der Waals surface area contributed by atoms with E-state index >= 15 is 0 Å². The molecular formula is C26H26N4OS. The van der Waals surface area contributed by atoms with Gasteiger partial charge < -0.3 is 10.6 Å². The smallest absolute Gasteiger partial charge is 0.221 e. The highest BCUT2D eigenvalue weighted by molar-refractivity contribution is 7.99. The Bertz CT molecular complexity index is 1250. The van der Waals surface area contributed by atoms with Crippen LogP contribution < -0.4 is 10.6 Å². The molecule has 0 fully saturated rings. The van der Waals surface area contributed by atoms with Gasteiger partial charge in [0, 0.05) is 45.4 Å². The number of pyridine rings is 2. The van der Waals surface area contributed by atoms with Crippen LogP contribution in [0.2, 0.25) is 0 Å². The normalized spacial score (nSPS) is 10.8. The lowest BCUT2D eigenvalue weighted by atomic mass is 10.1. The van der Waals surface area contributed by atoms with E-state index in [1.807, 2.05) is 30.3 Å². The van der Waals surface area contributed by atoms with Gasteiger partial charge in [-0.2, -0.15) is 0 Å². The molecule has 4 rings (SSSR count). The van der Waals surface area contributed by atoms with Gasteiger partial charge in [-0.1, -0.05) is 25.1 Å². The van der Waals surface area contributed by atoms with Crippen LogP contribution in [0.3, 0.4) is 0 Å².